The molecule has 58 valence electrons. The number of hydrogen-bond donors (Lipinski definition) is 0. The zero-order valence-electron chi connectivity index (χ0n) is 7.11. The Hall–Kier alpha value is -0.590. The van der Waals surface area contributed by atoms with Crippen molar-refractivity contribution in [3.63, 3.8) is 0 Å². The molecule has 0 unspecified atom stereocenters. The molecule has 0 aliphatic rings. The molecule has 0 nitrogen and oxygen atoms in total. The van der Waals surface area contributed by atoms with Crippen LogP contribution in [0.25, 0.3) is 0 Å². The SMILES string of the molecule is C/C(F)=C(C)\C=C/C(C)C. The molecule has 0 N–H and O–H groups in total. The summed E-state index contributed by atoms with van der Waals surface area (Å²) in [4.78, 5) is 0. The Labute approximate surface area is 62.4 Å². The van der Waals surface area contributed by atoms with E-state index in [2.05, 4.69) is 13.8 Å². The first-order valence-electron chi connectivity index (χ1n) is 3.55. The summed E-state index contributed by atoms with van der Waals surface area (Å²) in [5.74, 6) is 0.395. The van der Waals surface area contributed by atoms with Gasteiger partial charge in [-0.25, -0.2) is 4.39 Å². The van der Waals surface area contributed by atoms with Crippen LogP contribution < -0.4 is 0 Å². The van der Waals surface area contributed by atoms with E-state index in [-0.39, 0.29) is 5.83 Å². The third-order valence-corrected chi connectivity index (χ3v) is 1.27. The molecule has 1 heteroatoms. The van der Waals surface area contributed by atoms with E-state index in [1.807, 2.05) is 12.2 Å². The maximum Gasteiger partial charge on any atom is 0.0997 e. The highest BCUT2D eigenvalue weighted by Crippen LogP contribution is 2.07. The highest BCUT2D eigenvalue weighted by molar-refractivity contribution is 5.18. The fourth-order valence-electron chi connectivity index (χ4n) is 0.452. The van der Waals surface area contributed by atoms with Crippen LogP contribution >= 0.6 is 0 Å². The number of rotatable bonds is 2. The third-order valence-electron chi connectivity index (χ3n) is 1.27. The first-order chi connectivity index (χ1) is 4.54. The van der Waals surface area contributed by atoms with E-state index < -0.39 is 0 Å². The van der Waals surface area contributed by atoms with Gasteiger partial charge in [-0.2, -0.15) is 0 Å². The molecule has 0 aromatic heterocycles. The van der Waals surface area contributed by atoms with Gasteiger partial charge in [-0.1, -0.05) is 26.0 Å². The van der Waals surface area contributed by atoms with Gasteiger partial charge in [-0.05, 0) is 25.3 Å². The summed E-state index contributed by atoms with van der Waals surface area (Å²) in [7, 11) is 0. The maximum atomic E-state index is 12.4. The smallest absolute Gasteiger partial charge is 0.0997 e. The molecule has 0 rings (SSSR count). The van der Waals surface area contributed by atoms with Gasteiger partial charge in [-0.15, -0.1) is 0 Å². The minimum atomic E-state index is -0.100. The minimum Gasteiger partial charge on any atom is -0.212 e. The second kappa shape index (κ2) is 4.26. The fourth-order valence-corrected chi connectivity index (χ4v) is 0.452. The lowest BCUT2D eigenvalue weighted by Crippen LogP contribution is -1.78. The Morgan fingerprint density at radius 1 is 1.30 bits per heavy atom. The van der Waals surface area contributed by atoms with Crippen LogP contribution in [0.3, 0.4) is 0 Å². The Balaban J connectivity index is 4.03. The van der Waals surface area contributed by atoms with Crippen LogP contribution in [0.2, 0.25) is 0 Å². The molecular weight excluding hydrogens is 127 g/mol. The topological polar surface area (TPSA) is 0 Å². The van der Waals surface area contributed by atoms with Crippen molar-refractivity contribution < 1.29 is 4.39 Å². The normalized spacial score (nSPS) is 14.6. The lowest BCUT2D eigenvalue weighted by Gasteiger charge is -1.94. The standard InChI is InChI=1S/C9H15F/c1-7(2)5-6-8(3)9(4)10/h5-7H,1-4H3/b6-5-,9-8+. The molecule has 0 fully saturated rings. The molecule has 0 amide bonds. The van der Waals surface area contributed by atoms with Gasteiger partial charge in [-0.3, -0.25) is 0 Å². The fraction of sp³-hybridized carbons (Fsp3) is 0.556. The van der Waals surface area contributed by atoms with Gasteiger partial charge in [0.15, 0.2) is 0 Å². The monoisotopic (exact) mass is 142 g/mol. The summed E-state index contributed by atoms with van der Waals surface area (Å²) in [5, 5.41) is 0. The van der Waals surface area contributed by atoms with Crippen molar-refractivity contribution in [3.05, 3.63) is 23.6 Å². The summed E-state index contributed by atoms with van der Waals surface area (Å²) in [5.41, 5.74) is 0.716. The van der Waals surface area contributed by atoms with Crippen molar-refractivity contribution in [3.8, 4) is 0 Å². The van der Waals surface area contributed by atoms with E-state index >= 15 is 0 Å². The Morgan fingerprint density at radius 3 is 2.10 bits per heavy atom. The average Bonchev–Trinajstić information content (AvgIpc) is 1.82. The van der Waals surface area contributed by atoms with Crippen LogP contribution in [0.4, 0.5) is 4.39 Å². The van der Waals surface area contributed by atoms with Crippen molar-refractivity contribution in [2.24, 2.45) is 5.92 Å². The van der Waals surface area contributed by atoms with Gasteiger partial charge in [0.25, 0.3) is 0 Å². The zero-order chi connectivity index (χ0) is 8.15. The summed E-state index contributed by atoms with van der Waals surface area (Å²) >= 11 is 0. The van der Waals surface area contributed by atoms with E-state index in [1.165, 1.54) is 6.92 Å². The van der Waals surface area contributed by atoms with Crippen molar-refractivity contribution >= 4 is 0 Å². The van der Waals surface area contributed by atoms with Crippen molar-refractivity contribution in [1.82, 2.24) is 0 Å². The predicted molar refractivity (Wildman–Crippen MR) is 43.5 cm³/mol. The summed E-state index contributed by atoms with van der Waals surface area (Å²) in [6.07, 6.45) is 3.80. The van der Waals surface area contributed by atoms with E-state index in [1.54, 1.807) is 6.92 Å². The highest BCUT2D eigenvalue weighted by Gasteiger charge is 1.89. The van der Waals surface area contributed by atoms with Crippen LogP contribution in [0.1, 0.15) is 27.7 Å². The number of halogens is 1. The Kier molecular flexibility index (Phi) is 4.01. The Bertz CT molecular complexity index is 148. The quantitative estimate of drug-likeness (QED) is 0.518. The molecule has 0 aromatic carbocycles. The van der Waals surface area contributed by atoms with Crippen LogP contribution in [0.5, 0.6) is 0 Å². The summed E-state index contributed by atoms with van der Waals surface area (Å²) in [6, 6.07) is 0. The second-order valence-corrected chi connectivity index (χ2v) is 2.82. The van der Waals surface area contributed by atoms with Gasteiger partial charge in [0.2, 0.25) is 0 Å². The first kappa shape index (κ1) is 9.41. The Morgan fingerprint density at radius 2 is 1.80 bits per heavy atom. The highest BCUT2D eigenvalue weighted by atomic mass is 19.1. The number of hydrogen-bond acceptors (Lipinski definition) is 0. The lowest BCUT2D eigenvalue weighted by molar-refractivity contribution is 0.631. The zero-order valence-corrected chi connectivity index (χ0v) is 7.11. The van der Waals surface area contributed by atoms with E-state index in [0.29, 0.717) is 11.5 Å². The van der Waals surface area contributed by atoms with E-state index in [9.17, 15) is 4.39 Å². The molecule has 0 aliphatic carbocycles. The maximum absolute atomic E-state index is 12.4. The van der Waals surface area contributed by atoms with Gasteiger partial charge < -0.3 is 0 Å². The first-order valence-corrected chi connectivity index (χ1v) is 3.55. The van der Waals surface area contributed by atoms with Gasteiger partial charge in [0.05, 0.1) is 5.83 Å². The molecule has 0 spiro atoms. The van der Waals surface area contributed by atoms with Crippen LogP contribution in [-0.4, -0.2) is 0 Å². The minimum absolute atomic E-state index is 0.100. The molecule has 0 aliphatic heterocycles. The molecule has 0 atom stereocenters. The third kappa shape index (κ3) is 4.30. The molecular formula is C9H15F. The van der Waals surface area contributed by atoms with Gasteiger partial charge in [0, 0.05) is 0 Å². The summed E-state index contributed by atoms with van der Waals surface area (Å²) < 4.78 is 12.4. The molecule has 0 heterocycles. The van der Waals surface area contributed by atoms with E-state index in [0.717, 1.165) is 0 Å². The van der Waals surface area contributed by atoms with Gasteiger partial charge in [0.1, 0.15) is 0 Å². The largest absolute Gasteiger partial charge is 0.212 e. The van der Waals surface area contributed by atoms with Crippen LogP contribution in [0.15, 0.2) is 23.6 Å². The van der Waals surface area contributed by atoms with E-state index in [4.69, 9.17) is 0 Å². The van der Waals surface area contributed by atoms with Crippen LogP contribution in [-0.2, 0) is 0 Å². The predicted octanol–water partition coefficient (Wildman–Crippen LogP) is 3.46. The van der Waals surface area contributed by atoms with Crippen molar-refractivity contribution in [2.75, 3.05) is 0 Å². The molecule has 0 bridgehead atoms. The average molecular weight is 142 g/mol. The molecule has 10 heavy (non-hydrogen) atoms. The van der Waals surface area contributed by atoms with Crippen LogP contribution in [0, 0.1) is 5.92 Å². The molecule has 0 saturated carbocycles. The van der Waals surface area contributed by atoms with Crippen molar-refractivity contribution in [1.29, 1.82) is 0 Å². The van der Waals surface area contributed by atoms with Crippen molar-refractivity contribution in [2.45, 2.75) is 27.7 Å². The summed E-state index contributed by atoms with van der Waals surface area (Å²) in [6.45, 7) is 7.38. The lowest BCUT2D eigenvalue weighted by atomic mass is 10.1. The molecule has 0 radical (unpaired) electrons. The molecule has 0 saturated heterocycles. The van der Waals surface area contributed by atoms with Gasteiger partial charge >= 0.3 is 0 Å². The molecule has 0 aromatic rings. The second-order valence-electron chi connectivity index (χ2n) is 2.82. The number of allylic oxidation sites excluding steroid dienone is 4.